The highest BCUT2D eigenvalue weighted by Crippen LogP contribution is 2.27. The summed E-state index contributed by atoms with van der Waals surface area (Å²) in [6, 6.07) is 20.1. The van der Waals surface area contributed by atoms with E-state index in [0.29, 0.717) is 27.6 Å². The number of aliphatic imine (C=N–C) groups is 2. The normalized spacial score (nSPS) is 12.5. The zero-order valence-corrected chi connectivity index (χ0v) is 18.5. The Morgan fingerprint density at radius 2 is 1.91 bits per heavy atom. The Bertz CT molecular complexity index is 1380. The van der Waals surface area contributed by atoms with Gasteiger partial charge in [-0.3, -0.25) is 19.3 Å². The Kier molecular flexibility index (Phi) is 6.14. The van der Waals surface area contributed by atoms with Gasteiger partial charge in [0.15, 0.2) is 5.84 Å². The molecule has 4 rings (SSSR count). The van der Waals surface area contributed by atoms with Crippen molar-refractivity contribution in [2.24, 2.45) is 9.98 Å². The number of aromatic nitrogens is 2. The van der Waals surface area contributed by atoms with Gasteiger partial charge in [-0.2, -0.15) is 0 Å². The van der Waals surface area contributed by atoms with E-state index in [2.05, 4.69) is 22.0 Å². The van der Waals surface area contributed by atoms with Crippen LogP contribution >= 0.6 is 11.6 Å². The first kappa shape index (κ1) is 21.5. The Balaban J connectivity index is 1.96. The number of amidine groups is 1. The van der Waals surface area contributed by atoms with Crippen LogP contribution < -0.4 is 10.9 Å². The van der Waals surface area contributed by atoms with Gasteiger partial charge in [0.05, 0.1) is 27.8 Å². The van der Waals surface area contributed by atoms with Gasteiger partial charge < -0.3 is 5.32 Å². The van der Waals surface area contributed by atoms with Gasteiger partial charge in [0.2, 0.25) is 0 Å². The van der Waals surface area contributed by atoms with E-state index >= 15 is 0 Å². The first-order valence-corrected chi connectivity index (χ1v) is 10.5. The van der Waals surface area contributed by atoms with E-state index < -0.39 is 6.04 Å². The zero-order valence-electron chi connectivity index (χ0n) is 17.8. The molecule has 160 valence electrons. The van der Waals surface area contributed by atoms with E-state index in [9.17, 15) is 4.79 Å². The molecule has 1 atom stereocenters. The Hall–Kier alpha value is -3.77. The predicted molar refractivity (Wildman–Crippen MR) is 133 cm³/mol. The molecule has 0 radical (unpaired) electrons. The van der Waals surface area contributed by atoms with Gasteiger partial charge in [-0.05, 0) is 55.4 Å². The van der Waals surface area contributed by atoms with Gasteiger partial charge in [-0.15, -0.1) is 0 Å². The number of nitrogens with zero attached hydrogens (tertiary/aromatic N) is 4. The average molecular weight is 444 g/mol. The summed E-state index contributed by atoms with van der Waals surface area (Å²) in [7, 11) is 1.81. The summed E-state index contributed by atoms with van der Waals surface area (Å²) >= 11 is 6.39. The average Bonchev–Trinajstić information content (AvgIpc) is 2.82. The molecule has 7 heteroatoms. The van der Waals surface area contributed by atoms with Crippen LogP contribution in [0.2, 0.25) is 5.02 Å². The molecule has 0 bridgehead atoms. The molecule has 2 heterocycles. The summed E-state index contributed by atoms with van der Waals surface area (Å²) in [6.07, 6.45) is 1.68. The molecular weight excluding hydrogens is 422 g/mol. The van der Waals surface area contributed by atoms with Crippen molar-refractivity contribution in [3.63, 3.8) is 0 Å². The van der Waals surface area contributed by atoms with Crippen LogP contribution in [0.15, 0.2) is 87.7 Å². The van der Waals surface area contributed by atoms with Crippen molar-refractivity contribution in [3.05, 3.63) is 99.7 Å². The second-order valence-corrected chi connectivity index (χ2v) is 7.59. The van der Waals surface area contributed by atoms with Gasteiger partial charge in [0.25, 0.3) is 5.56 Å². The fourth-order valence-corrected chi connectivity index (χ4v) is 3.96. The molecular formula is C25H22ClN5O. The van der Waals surface area contributed by atoms with E-state index in [-0.39, 0.29) is 5.56 Å². The highest BCUT2D eigenvalue weighted by Gasteiger charge is 2.19. The molecule has 4 aromatic rings. The summed E-state index contributed by atoms with van der Waals surface area (Å²) in [4.78, 5) is 26.9. The van der Waals surface area contributed by atoms with Crippen molar-refractivity contribution in [3.8, 4) is 5.69 Å². The molecule has 1 N–H and O–H groups in total. The third kappa shape index (κ3) is 3.92. The molecule has 0 saturated carbocycles. The fourth-order valence-electron chi connectivity index (χ4n) is 3.70. The van der Waals surface area contributed by atoms with Gasteiger partial charge >= 0.3 is 0 Å². The lowest BCUT2D eigenvalue weighted by atomic mass is 10.1. The van der Waals surface area contributed by atoms with E-state index in [1.54, 1.807) is 16.8 Å². The molecule has 2 aromatic heterocycles. The molecule has 2 aromatic carbocycles. The monoisotopic (exact) mass is 443 g/mol. The summed E-state index contributed by atoms with van der Waals surface area (Å²) in [5.41, 5.74) is 2.63. The van der Waals surface area contributed by atoms with Gasteiger partial charge in [0, 0.05) is 18.9 Å². The minimum Gasteiger partial charge on any atom is -0.386 e. The maximum atomic E-state index is 13.6. The Morgan fingerprint density at radius 1 is 1.12 bits per heavy atom. The van der Waals surface area contributed by atoms with E-state index in [0.717, 1.165) is 16.8 Å². The maximum absolute atomic E-state index is 13.6. The number of hydrogen-bond acceptors (Lipinski definition) is 4. The molecule has 0 amide bonds. The van der Waals surface area contributed by atoms with Crippen molar-refractivity contribution < 1.29 is 0 Å². The van der Waals surface area contributed by atoms with Crippen molar-refractivity contribution in [1.29, 1.82) is 0 Å². The maximum Gasteiger partial charge on any atom is 0.264 e. The van der Waals surface area contributed by atoms with E-state index in [1.165, 1.54) is 0 Å². The number of nitrogens with one attached hydrogen (secondary N) is 1. The second kappa shape index (κ2) is 9.16. The predicted octanol–water partition coefficient (Wildman–Crippen LogP) is 5.29. The molecule has 0 aliphatic rings. The molecule has 0 unspecified atom stereocenters. The lowest BCUT2D eigenvalue weighted by molar-refractivity contribution is 0.735. The number of benzene rings is 2. The van der Waals surface area contributed by atoms with Crippen LogP contribution in [-0.4, -0.2) is 29.2 Å². The van der Waals surface area contributed by atoms with Crippen molar-refractivity contribution in [1.82, 2.24) is 9.55 Å². The van der Waals surface area contributed by atoms with Gasteiger partial charge in [0.1, 0.15) is 5.69 Å². The molecule has 0 aliphatic carbocycles. The third-order valence-electron chi connectivity index (χ3n) is 5.22. The van der Waals surface area contributed by atoms with E-state index in [4.69, 9.17) is 16.6 Å². The summed E-state index contributed by atoms with van der Waals surface area (Å²) < 4.78 is 1.65. The summed E-state index contributed by atoms with van der Waals surface area (Å²) in [5.74, 6) is 0.390. The Labute approximate surface area is 191 Å². The zero-order chi connectivity index (χ0) is 22.7. The lowest BCUT2D eigenvalue weighted by Gasteiger charge is -2.18. The van der Waals surface area contributed by atoms with Crippen molar-refractivity contribution in [2.75, 3.05) is 12.4 Å². The van der Waals surface area contributed by atoms with Gasteiger partial charge in [-0.25, -0.2) is 4.99 Å². The highest BCUT2D eigenvalue weighted by molar-refractivity contribution is 6.35. The second-order valence-electron chi connectivity index (χ2n) is 7.19. The molecule has 0 saturated heterocycles. The van der Waals surface area contributed by atoms with Crippen LogP contribution in [0.4, 0.5) is 5.69 Å². The number of hydrogen-bond donors (Lipinski definition) is 1. The summed E-state index contributed by atoms with van der Waals surface area (Å²) in [6.45, 7) is 5.60. The number of fused-ring (bicyclic) bond motifs is 1. The molecule has 6 nitrogen and oxygen atoms in total. The standard InChI is InChI=1S/C25H22ClN5O/c1-16(30-24(28-3)23-20(27-2)13-8-14-29-23)21-15-17-9-7-12-19(26)22(17)25(32)31(21)18-10-5-4-6-11-18/h4-16,27H,3H2,1-2H3/t16-/m0/s1. The minimum absolute atomic E-state index is 0.196. The lowest BCUT2D eigenvalue weighted by Crippen LogP contribution is -2.23. The quantitative estimate of drug-likeness (QED) is 0.336. The van der Waals surface area contributed by atoms with Crippen LogP contribution in [0, 0.1) is 0 Å². The largest absolute Gasteiger partial charge is 0.386 e. The first-order valence-electron chi connectivity index (χ1n) is 10.1. The number of pyridine rings is 2. The molecule has 0 aliphatic heterocycles. The molecule has 32 heavy (non-hydrogen) atoms. The SMILES string of the molecule is C=NC(=N[C@@H](C)c1cc2cccc(Cl)c2c(=O)n1-c1ccccc1)c1ncccc1NC. The number of anilines is 1. The van der Waals surface area contributed by atoms with Crippen LogP contribution in [0.3, 0.4) is 0 Å². The number of rotatable bonds is 5. The van der Waals surface area contributed by atoms with Crippen molar-refractivity contribution >= 4 is 40.6 Å². The fraction of sp³-hybridized carbons (Fsp3) is 0.120. The topological polar surface area (TPSA) is 71.6 Å². The van der Waals surface area contributed by atoms with Crippen LogP contribution in [0.1, 0.15) is 24.4 Å². The highest BCUT2D eigenvalue weighted by atomic mass is 35.5. The van der Waals surface area contributed by atoms with Crippen LogP contribution in [0.25, 0.3) is 16.5 Å². The Morgan fingerprint density at radius 3 is 2.62 bits per heavy atom. The third-order valence-corrected chi connectivity index (χ3v) is 5.54. The smallest absolute Gasteiger partial charge is 0.264 e. The van der Waals surface area contributed by atoms with Crippen molar-refractivity contribution in [2.45, 2.75) is 13.0 Å². The number of halogens is 1. The molecule has 0 fully saturated rings. The van der Waals surface area contributed by atoms with Crippen LogP contribution in [0.5, 0.6) is 0 Å². The van der Waals surface area contributed by atoms with E-state index in [1.807, 2.05) is 74.6 Å². The number of para-hydroxylation sites is 1. The molecule has 0 spiro atoms. The van der Waals surface area contributed by atoms with Crippen LogP contribution in [-0.2, 0) is 0 Å². The van der Waals surface area contributed by atoms with Gasteiger partial charge in [-0.1, -0.05) is 41.9 Å². The first-order chi connectivity index (χ1) is 15.5. The minimum atomic E-state index is -0.418. The summed E-state index contributed by atoms with van der Waals surface area (Å²) in [5, 5.41) is 4.75.